The zero-order valence-corrected chi connectivity index (χ0v) is 10.6. The molecule has 4 heteroatoms. The fraction of sp³-hybridized carbons (Fsp3) is 0.500. The Labute approximate surface area is 101 Å². The molecule has 2 nitrogen and oxygen atoms in total. The van der Waals surface area contributed by atoms with Crippen molar-refractivity contribution in [2.24, 2.45) is 0 Å². The molecule has 1 aromatic rings. The van der Waals surface area contributed by atoms with Crippen LogP contribution in [0, 0.1) is 5.82 Å². The van der Waals surface area contributed by atoms with E-state index in [0.29, 0.717) is 18.2 Å². The first-order valence-electron chi connectivity index (χ1n) is 5.17. The first-order chi connectivity index (χ1) is 7.61. The van der Waals surface area contributed by atoms with E-state index < -0.39 is 0 Å². The van der Waals surface area contributed by atoms with E-state index in [1.54, 1.807) is 13.2 Å². The molecule has 1 atom stereocenters. The van der Waals surface area contributed by atoms with Crippen LogP contribution in [0.2, 0.25) is 0 Å². The molecule has 90 valence electrons. The van der Waals surface area contributed by atoms with Crippen LogP contribution in [-0.4, -0.2) is 26.8 Å². The third-order valence-corrected chi connectivity index (χ3v) is 2.92. The molecule has 1 unspecified atom stereocenters. The minimum Gasteiger partial charge on any atom is -0.383 e. The quantitative estimate of drug-likeness (QED) is 0.740. The largest absolute Gasteiger partial charge is 0.383 e. The summed E-state index contributed by atoms with van der Waals surface area (Å²) in [4.78, 5) is 1.86. The fourth-order valence-corrected chi connectivity index (χ4v) is 1.85. The number of nitrogens with zero attached hydrogens (tertiary/aromatic N) is 1. The number of alkyl halides is 1. The van der Waals surface area contributed by atoms with Crippen molar-refractivity contribution in [2.75, 3.05) is 25.7 Å². The number of halogens is 2. The van der Waals surface area contributed by atoms with Crippen LogP contribution in [0.5, 0.6) is 0 Å². The van der Waals surface area contributed by atoms with Gasteiger partial charge in [-0.15, -0.1) is 11.6 Å². The normalized spacial score (nSPS) is 12.6. The third-order valence-electron chi connectivity index (χ3n) is 2.64. The van der Waals surface area contributed by atoms with Crippen molar-refractivity contribution < 1.29 is 9.13 Å². The Bertz CT molecular complexity index is 346. The Kier molecular flexibility index (Phi) is 5.03. The third kappa shape index (κ3) is 2.86. The molecule has 16 heavy (non-hydrogen) atoms. The van der Waals surface area contributed by atoms with Crippen LogP contribution < -0.4 is 4.90 Å². The van der Waals surface area contributed by atoms with Gasteiger partial charge in [0.15, 0.2) is 0 Å². The molecule has 0 aromatic heterocycles. The zero-order valence-electron chi connectivity index (χ0n) is 9.84. The number of ether oxygens (including phenoxy) is 1. The summed E-state index contributed by atoms with van der Waals surface area (Å²) in [5.41, 5.74) is 1.36. The second kappa shape index (κ2) is 6.06. The van der Waals surface area contributed by atoms with E-state index in [-0.39, 0.29) is 11.9 Å². The minimum absolute atomic E-state index is 0.101. The van der Waals surface area contributed by atoms with Gasteiger partial charge >= 0.3 is 0 Å². The summed E-state index contributed by atoms with van der Waals surface area (Å²) < 4.78 is 18.8. The molecule has 0 heterocycles. The molecule has 0 aliphatic carbocycles. The van der Waals surface area contributed by atoms with Crippen molar-refractivity contribution in [3.63, 3.8) is 0 Å². The summed E-state index contributed by atoms with van der Waals surface area (Å²) >= 11 is 5.81. The van der Waals surface area contributed by atoms with Crippen LogP contribution in [0.1, 0.15) is 12.5 Å². The molecule has 0 radical (unpaired) electrons. The summed E-state index contributed by atoms with van der Waals surface area (Å²) in [7, 11) is 3.48. The smallest absolute Gasteiger partial charge is 0.146 e. The van der Waals surface area contributed by atoms with Crippen LogP contribution in [0.15, 0.2) is 18.2 Å². The Morgan fingerprint density at radius 1 is 1.50 bits per heavy atom. The predicted molar refractivity (Wildman–Crippen MR) is 65.7 cm³/mol. The number of hydrogen-bond donors (Lipinski definition) is 0. The Morgan fingerprint density at radius 3 is 2.75 bits per heavy atom. The molecule has 0 spiro atoms. The molecule has 0 aliphatic rings. The number of methoxy groups -OCH3 is 1. The maximum Gasteiger partial charge on any atom is 0.146 e. The Morgan fingerprint density at radius 2 is 2.19 bits per heavy atom. The number of likely N-dealkylation sites (N-methyl/N-ethyl adjacent to an activating group) is 1. The zero-order chi connectivity index (χ0) is 12.1. The average molecular weight is 246 g/mol. The van der Waals surface area contributed by atoms with Crippen molar-refractivity contribution in [1.82, 2.24) is 0 Å². The Hall–Kier alpha value is -0.800. The summed E-state index contributed by atoms with van der Waals surface area (Å²) in [6.07, 6.45) is 0. The summed E-state index contributed by atoms with van der Waals surface area (Å²) in [5, 5.41) is 0. The van der Waals surface area contributed by atoms with Crippen molar-refractivity contribution in [2.45, 2.75) is 18.8 Å². The van der Waals surface area contributed by atoms with Gasteiger partial charge in [-0.25, -0.2) is 4.39 Å². The summed E-state index contributed by atoms with van der Waals surface area (Å²) in [5.74, 6) is 0.0560. The van der Waals surface area contributed by atoms with Gasteiger partial charge in [0.2, 0.25) is 0 Å². The molecule has 0 fully saturated rings. The van der Waals surface area contributed by atoms with E-state index >= 15 is 0 Å². The summed E-state index contributed by atoms with van der Waals surface area (Å²) in [6.45, 7) is 2.53. The van der Waals surface area contributed by atoms with Crippen LogP contribution in [0.25, 0.3) is 0 Å². The second-order valence-corrected chi connectivity index (χ2v) is 4.06. The average Bonchev–Trinajstić information content (AvgIpc) is 2.28. The lowest BCUT2D eigenvalue weighted by Gasteiger charge is -2.28. The second-order valence-electron chi connectivity index (χ2n) is 3.80. The van der Waals surface area contributed by atoms with E-state index in [1.807, 2.05) is 24.9 Å². The monoisotopic (exact) mass is 245 g/mol. The topological polar surface area (TPSA) is 12.5 Å². The molecule has 0 amide bonds. The lowest BCUT2D eigenvalue weighted by Crippen LogP contribution is -2.33. The number of anilines is 1. The maximum atomic E-state index is 13.7. The number of rotatable bonds is 5. The lowest BCUT2D eigenvalue weighted by molar-refractivity contribution is 0.183. The van der Waals surface area contributed by atoms with E-state index in [0.717, 1.165) is 5.56 Å². The maximum absolute atomic E-state index is 13.7. The molecule has 0 saturated carbocycles. The van der Waals surface area contributed by atoms with Crippen LogP contribution >= 0.6 is 11.6 Å². The van der Waals surface area contributed by atoms with E-state index in [2.05, 4.69) is 0 Å². The molecular formula is C12H17ClFNO. The van der Waals surface area contributed by atoms with Gasteiger partial charge in [0, 0.05) is 26.1 Å². The molecule has 0 aliphatic heterocycles. The van der Waals surface area contributed by atoms with Crippen LogP contribution in [-0.2, 0) is 10.6 Å². The van der Waals surface area contributed by atoms with Crippen molar-refractivity contribution in [1.29, 1.82) is 0 Å². The van der Waals surface area contributed by atoms with Crippen molar-refractivity contribution in [3.8, 4) is 0 Å². The molecule has 0 saturated heterocycles. The van der Waals surface area contributed by atoms with Gasteiger partial charge in [0.1, 0.15) is 5.82 Å². The Balaban J connectivity index is 3.01. The van der Waals surface area contributed by atoms with Gasteiger partial charge < -0.3 is 9.64 Å². The highest BCUT2D eigenvalue weighted by Crippen LogP contribution is 2.26. The van der Waals surface area contributed by atoms with E-state index in [1.165, 1.54) is 6.07 Å². The van der Waals surface area contributed by atoms with Gasteiger partial charge in [-0.3, -0.25) is 0 Å². The first-order valence-corrected chi connectivity index (χ1v) is 5.70. The molecule has 0 bridgehead atoms. The highest BCUT2D eigenvalue weighted by atomic mass is 35.5. The van der Waals surface area contributed by atoms with Gasteiger partial charge in [0.05, 0.1) is 12.3 Å². The number of hydrogen-bond acceptors (Lipinski definition) is 2. The van der Waals surface area contributed by atoms with E-state index in [9.17, 15) is 4.39 Å². The van der Waals surface area contributed by atoms with Crippen LogP contribution in [0.4, 0.5) is 10.1 Å². The van der Waals surface area contributed by atoms with Crippen LogP contribution in [0.3, 0.4) is 0 Å². The van der Waals surface area contributed by atoms with Gasteiger partial charge in [0.25, 0.3) is 0 Å². The van der Waals surface area contributed by atoms with E-state index in [4.69, 9.17) is 16.3 Å². The predicted octanol–water partition coefficient (Wildman–Crippen LogP) is 3.04. The number of para-hydroxylation sites is 1. The highest BCUT2D eigenvalue weighted by molar-refractivity contribution is 6.17. The molecular weight excluding hydrogens is 229 g/mol. The van der Waals surface area contributed by atoms with Crippen molar-refractivity contribution in [3.05, 3.63) is 29.6 Å². The van der Waals surface area contributed by atoms with Gasteiger partial charge in [-0.2, -0.15) is 0 Å². The highest BCUT2D eigenvalue weighted by Gasteiger charge is 2.16. The molecule has 1 aromatic carbocycles. The summed E-state index contributed by atoms with van der Waals surface area (Å²) in [6, 6.07) is 5.05. The fourth-order valence-electron chi connectivity index (χ4n) is 1.64. The van der Waals surface area contributed by atoms with Gasteiger partial charge in [-0.05, 0) is 18.6 Å². The standard InChI is InChI=1S/C12H17ClFNO/c1-9(8-16-3)15(2)12-10(7-13)5-4-6-11(12)14/h4-6,9H,7-8H2,1-3H3. The molecule has 0 N–H and O–H groups in total. The minimum atomic E-state index is -0.247. The molecule has 1 rings (SSSR count). The number of benzene rings is 1. The SMILES string of the molecule is COCC(C)N(C)c1c(F)cccc1CCl. The van der Waals surface area contributed by atoms with Crippen molar-refractivity contribution >= 4 is 17.3 Å². The lowest BCUT2D eigenvalue weighted by atomic mass is 10.1. The first kappa shape index (κ1) is 13.3. The van der Waals surface area contributed by atoms with Gasteiger partial charge in [-0.1, -0.05) is 12.1 Å².